The van der Waals surface area contributed by atoms with E-state index in [1.165, 1.54) is 18.2 Å². The average molecular weight is 467 g/mol. The fraction of sp³-hybridized carbons (Fsp3) is 0.154. The van der Waals surface area contributed by atoms with Crippen LogP contribution in [0.3, 0.4) is 0 Å². The van der Waals surface area contributed by atoms with Crippen molar-refractivity contribution >= 4 is 23.1 Å². The summed E-state index contributed by atoms with van der Waals surface area (Å²) in [4.78, 5) is 26.9. The Labute approximate surface area is 193 Å². The molecule has 1 N–H and O–H groups in total. The van der Waals surface area contributed by atoms with Crippen LogP contribution in [0.15, 0.2) is 66.2 Å². The predicted octanol–water partition coefficient (Wildman–Crippen LogP) is 5.44. The molecule has 4 rings (SSSR count). The van der Waals surface area contributed by atoms with Crippen LogP contribution >= 0.6 is 0 Å². The van der Waals surface area contributed by atoms with Crippen molar-refractivity contribution in [2.24, 2.45) is 0 Å². The standard InChI is InChI=1S/C26H20F3NO4/c1-3-34-21-11-6-16(12-14(21)2)24(31)22-23(15-4-7-17(27)8-5-15)30(26(33)25(22)32)20-10-9-18(28)13-19(20)29/h4-13,23,31H,3H2,1-2H3/b24-22+. The number of rotatable bonds is 5. The van der Waals surface area contributed by atoms with Gasteiger partial charge in [-0.05, 0) is 67.4 Å². The number of aliphatic hydroxyl groups is 1. The summed E-state index contributed by atoms with van der Waals surface area (Å²) < 4.78 is 47.3. The summed E-state index contributed by atoms with van der Waals surface area (Å²) in [7, 11) is 0. The first-order chi connectivity index (χ1) is 16.2. The van der Waals surface area contributed by atoms with E-state index < -0.39 is 40.9 Å². The number of hydrogen-bond acceptors (Lipinski definition) is 4. The van der Waals surface area contributed by atoms with Crippen molar-refractivity contribution in [2.75, 3.05) is 11.5 Å². The lowest BCUT2D eigenvalue weighted by Crippen LogP contribution is -2.30. The Balaban J connectivity index is 1.93. The molecule has 5 nitrogen and oxygen atoms in total. The summed E-state index contributed by atoms with van der Waals surface area (Å²) in [6.07, 6.45) is 0. The maximum atomic E-state index is 14.7. The number of amides is 1. The van der Waals surface area contributed by atoms with Crippen molar-refractivity contribution in [1.82, 2.24) is 0 Å². The molecule has 1 heterocycles. The van der Waals surface area contributed by atoms with Crippen LogP contribution in [0.5, 0.6) is 5.75 Å². The number of benzene rings is 3. The molecule has 0 aromatic heterocycles. The molecule has 34 heavy (non-hydrogen) atoms. The average Bonchev–Trinajstić information content (AvgIpc) is 3.06. The zero-order chi connectivity index (χ0) is 24.6. The van der Waals surface area contributed by atoms with Gasteiger partial charge in [0, 0.05) is 11.6 Å². The molecule has 0 saturated carbocycles. The Morgan fingerprint density at radius 2 is 1.65 bits per heavy atom. The van der Waals surface area contributed by atoms with E-state index in [0.717, 1.165) is 29.2 Å². The van der Waals surface area contributed by atoms with Crippen molar-refractivity contribution in [3.8, 4) is 5.75 Å². The number of hydrogen-bond donors (Lipinski definition) is 1. The molecule has 0 spiro atoms. The summed E-state index contributed by atoms with van der Waals surface area (Å²) in [5.41, 5.74) is 0.533. The topological polar surface area (TPSA) is 66.8 Å². The van der Waals surface area contributed by atoms with Gasteiger partial charge in [0.2, 0.25) is 0 Å². The second-order valence-corrected chi connectivity index (χ2v) is 7.73. The molecular weight excluding hydrogens is 447 g/mol. The van der Waals surface area contributed by atoms with Crippen LogP contribution in [-0.2, 0) is 9.59 Å². The third-order valence-corrected chi connectivity index (χ3v) is 5.55. The van der Waals surface area contributed by atoms with E-state index in [-0.39, 0.29) is 22.4 Å². The molecule has 1 amide bonds. The number of nitrogens with zero attached hydrogens (tertiary/aromatic N) is 1. The fourth-order valence-corrected chi connectivity index (χ4v) is 3.99. The molecule has 3 aromatic rings. The lowest BCUT2D eigenvalue weighted by atomic mass is 9.94. The van der Waals surface area contributed by atoms with Gasteiger partial charge in [-0.25, -0.2) is 13.2 Å². The van der Waals surface area contributed by atoms with Crippen LogP contribution in [0.4, 0.5) is 18.9 Å². The Hall–Kier alpha value is -4.07. The van der Waals surface area contributed by atoms with Crippen LogP contribution in [0.25, 0.3) is 5.76 Å². The Kier molecular flexibility index (Phi) is 6.15. The largest absolute Gasteiger partial charge is 0.507 e. The normalized spacial score (nSPS) is 17.3. The smallest absolute Gasteiger partial charge is 0.300 e. The molecule has 0 radical (unpaired) electrons. The summed E-state index contributed by atoms with van der Waals surface area (Å²) in [5, 5.41) is 11.1. The Morgan fingerprint density at radius 1 is 0.971 bits per heavy atom. The van der Waals surface area contributed by atoms with Gasteiger partial charge in [-0.3, -0.25) is 14.5 Å². The minimum Gasteiger partial charge on any atom is -0.507 e. The van der Waals surface area contributed by atoms with E-state index in [4.69, 9.17) is 4.74 Å². The number of aliphatic hydroxyl groups excluding tert-OH is 1. The van der Waals surface area contributed by atoms with E-state index in [1.807, 2.05) is 6.92 Å². The number of carbonyl (C=O) groups is 2. The molecule has 1 aliphatic heterocycles. The van der Waals surface area contributed by atoms with E-state index in [1.54, 1.807) is 19.1 Å². The van der Waals surface area contributed by atoms with E-state index in [2.05, 4.69) is 0 Å². The fourth-order valence-electron chi connectivity index (χ4n) is 3.99. The zero-order valence-corrected chi connectivity index (χ0v) is 18.3. The minimum atomic E-state index is -1.27. The number of carbonyl (C=O) groups excluding carboxylic acids is 2. The lowest BCUT2D eigenvalue weighted by molar-refractivity contribution is -0.132. The van der Waals surface area contributed by atoms with Gasteiger partial charge in [0.15, 0.2) is 0 Å². The molecule has 1 fully saturated rings. The SMILES string of the molecule is CCOc1ccc(/C(O)=C2\C(=O)C(=O)N(c3ccc(F)cc3F)C2c2ccc(F)cc2)cc1C. The molecule has 1 aliphatic rings. The quantitative estimate of drug-likeness (QED) is 0.308. The first kappa shape index (κ1) is 23.1. The van der Waals surface area contributed by atoms with Crippen molar-refractivity contribution in [1.29, 1.82) is 0 Å². The first-order valence-corrected chi connectivity index (χ1v) is 10.5. The molecule has 0 bridgehead atoms. The molecule has 8 heteroatoms. The predicted molar refractivity (Wildman–Crippen MR) is 120 cm³/mol. The van der Waals surface area contributed by atoms with Gasteiger partial charge < -0.3 is 9.84 Å². The molecule has 1 saturated heterocycles. The second kappa shape index (κ2) is 9.05. The highest BCUT2D eigenvalue weighted by molar-refractivity contribution is 6.51. The van der Waals surface area contributed by atoms with E-state index >= 15 is 0 Å². The molecular formula is C26H20F3NO4. The number of ether oxygens (including phenoxy) is 1. The monoisotopic (exact) mass is 467 g/mol. The van der Waals surface area contributed by atoms with Gasteiger partial charge in [0.05, 0.1) is 23.9 Å². The maximum absolute atomic E-state index is 14.7. The molecule has 1 atom stereocenters. The second-order valence-electron chi connectivity index (χ2n) is 7.73. The lowest BCUT2D eigenvalue weighted by Gasteiger charge is -2.25. The number of Topliss-reactive ketones (excluding diaryl/α,β-unsaturated/α-hetero) is 1. The van der Waals surface area contributed by atoms with Crippen molar-refractivity contribution in [3.05, 3.63) is 100 Å². The maximum Gasteiger partial charge on any atom is 0.300 e. The van der Waals surface area contributed by atoms with Gasteiger partial charge >= 0.3 is 0 Å². The highest BCUT2D eigenvalue weighted by Crippen LogP contribution is 2.43. The van der Waals surface area contributed by atoms with Gasteiger partial charge in [-0.2, -0.15) is 0 Å². The zero-order valence-electron chi connectivity index (χ0n) is 18.3. The molecule has 1 unspecified atom stereocenters. The van der Waals surface area contributed by atoms with Gasteiger partial charge in [0.25, 0.3) is 11.7 Å². The van der Waals surface area contributed by atoms with Crippen LogP contribution in [0.2, 0.25) is 0 Å². The highest BCUT2D eigenvalue weighted by atomic mass is 19.1. The van der Waals surface area contributed by atoms with Crippen LogP contribution in [-0.4, -0.2) is 23.4 Å². The summed E-state index contributed by atoms with van der Waals surface area (Å²) in [6.45, 7) is 4.02. The molecule has 0 aliphatic carbocycles. The number of aryl methyl sites for hydroxylation is 1. The summed E-state index contributed by atoms with van der Waals surface area (Å²) >= 11 is 0. The van der Waals surface area contributed by atoms with Crippen LogP contribution < -0.4 is 9.64 Å². The Bertz CT molecular complexity index is 1320. The Morgan fingerprint density at radius 3 is 2.26 bits per heavy atom. The van der Waals surface area contributed by atoms with Crippen LogP contribution in [0, 0.1) is 24.4 Å². The summed E-state index contributed by atoms with van der Waals surface area (Å²) in [5.74, 6) is -4.54. The number of anilines is 1. The third kappa shape index (κ3) is 4.03. The van der Waals surface area contributed by atoms with Gasteiger partial charge in [-0.15, -0.1) is 0 Å². The number of ketones is 1. The number of halogens is 3. The molecule has 3 aromatic carbocycles. The third-order valence-electron chi connectivity index (χ3n) is 5.55. The summed E-state index contributed by atoms with van der Waals surface area (Å²) in [6, 6.07) is 11.0. The highest BCUT2D eigenvalue weighted by Gasteiger charge is 2.47. The van der Waals surface area contributed by atoms with Gasteiger partial charge in [-0.1, -0.05) is 12.1 Å². The minimum absolute atomic E-state index is 0.241. The first-order valence-electron chi connectivity index (χ1n) is 10.5. The van der Waals surface area contributed by atoms with Crippen molar-refractivity contribution in [3.63, 3.8) is 0 Å². The van der Waals surface area contributed by atoms with Crippen LogP contribution in [0.1, 0.15) is 29.7 Å². The van der Waals surface area contributed by atoms with Gasteiger partial charge in [0.1, 0.15) is 29.0 Å². The van der Waals surface area contributed by atoms with E-state index in [0.29, 0.717) is 24.0 Å². The molecule has 174 valence electrons. The van der Waals surface area contributed by atoms with Crippen molar-refractivity contribution in [2.45, 2.75) is 19.9 Å². The van der Waals surface area contributed by atoms with E-state index in [9.17, 15) is 27.9 Å². The van der Waals surface area contributed by atoms with Crippen molar-refractivity contribution < 1.29 is 32.6 Å².